The first kappa shape index (κ1) is 18.3. The number of benzene rings is 2. The maximum Gasteiger partial charge on any atom is 0.387 e. The van der Waals surface area contributed by atoms with Crippen molar-refractivity contribution in [2.75, 3.05) is 5.32 Å². The molecule has 27 heavy (non-hydrogen) atoms. The van der Waals surface area contributed by atoms with Crippen LogP contribution in [0.15, 0.2) is 67.0 Å². The molecule has 0 aliphatic heterocycles. The van der Waals surface area contributed by atoms with Crippen molar-refractivity contribution in [1.82, 2.24) is 4.98 Å². The molecule has 0 saturated heterocycles. The summed E-state index contributed by atoms with van der Waals surface area (Å²) >= 11 is 0. The number of anilines is 1. The summed E-state index contributed by atoms with van der Waals surface area (Å²) in [7, 11) is 0. The molecular formula is C20H16F2N2O3. The zero-order valence-electron chi connectivity index (χ0n) is 14.1. The molecule has 1 aromatic heterocycles. The Morgan fingerprint density at radius 2 is 1.89 bits per heavy atom. The fourth-order valence-corrected chi connectivity index (χ4v) is 2.73. The number of pyridine rings is 1. The lowest BCUT2D eigenvalue weighted by atomic mass is 9.96. The van der Waals surface area contributed by atoms with Crippen LogP contribution in [0.3, 0.4) is 0 Å². The van der Waals surface area contributed by atoms with Gasteiger partial charge in [-0.05, 0) is 29.3 Å². The van der Waals surface area contributed by atoms with Crippen LogP contribution in [-0.2, 0) is 6.54 Å². The molecule has 0 fully saturated rings. The van der Waals surface area contributed by atoms with Gasteiger partial charge in [-0.25, -0.2) is 4.79 Å². The lowest BCUT2D eigenvalue weighted by molar-refractivity contribution is -0.0493. The van der Waals surface area contributed by atoms with Crippen molar-refractivity contribution in [2.45, 2.75) is 13.2 Å². The summed E-state index contributed by atoms with van der Waals surface area (Å²) in [6.45, 7) is -2.78. The fourth-order valence-electron chi connectivity index (χ4n) is 2.73. The average molecular weight is 370 g/mol. The van der Waals surface area contributed by atoms with Gasteiger partial charge in [0, 0.05) is 24.5 Å². The molecule has 2 N–H and O–H groups in total. The number of halogens is 2. The van der Waals surface area contributed by atoms with E-state index in [2.05, 4.69) is 15.0 Å². The zero-order chi connectivity index (χ0) is 19.2. The number of rotatable bonds is 7. The monoisotopic (exact) mass is 370 g/mol. The maximum absolute atomic E-state index is 12.9. The summed E-state index contributed by atoms with van der Waals surface area (Å²) in [5.74, 6) is -1.29. The molecule has 0 atom stereocenters. The van der Waals surface area contributed by atoms with Gasteiger partial charge in [-0.2, -0.15) is 8.78 Å². The fraction of sp³-hybridized carbons (Fsp3) is 0.100. The van der Waals surface area contributed by atoms with E-state index >= 15 is 0 Å². The Kier molecular flexibility index (Phi) is 5.61. The van der Waals surface area contributed by atoms with Crippen molar-refractivity contribution < 1.29 is 23.4 Å². The van der Waals surface area contributed by atoms with Gasteiger partial charge in [-0.1, -0.05) is 36.4 Å². The second-order valence-electron chi connectivity index (χ2n) is 5.63. The van der Waals surface area contributed by atoms with E-state index in [1.165, 1.54) is 12.1 Å². The summed E-state index contributed by atoms with van der Waals surface area (Å²) in [6.07, 6.45) is 3.25. The van der Waals surface area contributed by atoms with E-state index in [1.54, 1.807) is 48.8 Å². The predicted molar refractivity (Wildman–Crippen MR) is 97.0 cm³/mol. The molecule has 3 rings (SSSR count). The van der Waals surface area contributed by atoms with Crippen LogP contribution in [0, 0.1) is 0 Å². The van der Waals surface area contributed by atoms with E-state index in [4.69, 9.17) is 0 Å². The number of alkyl halides is 2. The van der Waals surface area contributed by atoms with Gasteiger partial charge in [0.15, 0.2) is 0 Å². The molecule has 7 heteroatoms. The van der Waals surface area contributed by atoms with E-state index < -0.39 is 12.6 Å². The van der Waals surface area contributed by atoms with E-state index in [0.717, 1.165) is 5.56 Å². The van der Waals surface area contributed by atoms with E-state index in [9.17, 15) is 18.7 Å². The first-order valence-corrected chi connectivity index (χ1v) is 8.09. The zero-order valence-corrected chi connectivity index (χ0v) is 14.1. The SMILES string of the molecule is O=C(O)c1ccc(OC(F)F)c(NCc2cccnc2)c1-c1ccccc1. The number of carboxylic acids is 1. The first-order valence-electron chi connectivity index (χ1n) is 8.09. The normalized spacial score (nSPS) is 10.6. The molecule has 0 unspecified atom stereocenters. The van der Waals surface area contributed by atoms with Gasteiger partial charge in [-0.3, -0.25) is 4.98 Å². The van der Waals surface area contributed by atoms with Crippen molar-refractivity contribution in [3.63, 3.8) is 0 Å². The van der Waals surface area contributed by atoms with Crippen LogP contribution in [0.1, 0.15) is 15.9 Å². The molecular weight excluding hydrogens is 354 g/mol. The standard InChI is InChI=1S/C20H16F2N2O3/c21-20(22)27-16-9-8-15(19(25)26)17(14-6-2-1-3-7-14)18(16)24-12-13-5-4-10-23-11-13/h1-11,20,24H,12H2,(H,25,26). The molecule has 0 spiro atoms. The molecule has 0 aliphatic rings. The van der Waals surface area contributed by atoms with Gasteiger partial charge >= 0.3 is 12.6 Å². The topological polar surface area (TPSA) is 71.5 Å². The van der Waals surface area contributed by atoms with Crippen LogP contribution >= 0.6 is 0 Å². The number of ether oxygens (including phenoxy) is 1. The third-order valence-corrected chi connectivity index (χ3v) is 3.87. The highest BCUT2D eigenvalue weighted by molar-refractivity contribution is 6.01. The third-order valence-electron chi connectivity index (χ3n) is 3.87. The minimum atomic E-state index is -3.04. The number of nitrogens with one attached hydrogen (secondary N) is 1. The molecule has 0 bridgehead atoms. The molecule has 2 aromatic carbocycles. The maximum atomic E-state index is 12.9. The average Bonchev–Trinajstić information content (AvgIpc) is 2.67. The Bertz CT molecular complexity index is 919. The van der Waals surface area contributed by atoms with Gasteiger partial charge in [0.1, 0.15) is 5.75 Å². The predicted octanol–water partition coefficient (Wildman–Crippen LogP) is 4.66. The number of aromatic carboxylic acids is 1. The number of carboxylic acid groups (broad SMARTS) is 1. The molecule has 0 amide bonds. The van der Waals surface area contributed by atoms with Crippen LogP contribution in [-0.4, -0.2) is 22.7 Å². The van der Waals surface area contributed by atoms with Gasteiger partial charge in [-0.15, -0.1) is 0 Å². The minimum Gasteiger partial charge on any atom is -0.478 e. The van der Waals surface area contributed by atoms with Crippen molar-refractivity contribution in [1.29, 1.82) is 0 Å². The first-order chi connectivity index (χ1) is 13.1. The Balaban J connectivity index is 2.12. The molecule has 0 aliphatic carbocycles. The third kappa shape index (κ3) is 4.38. The highest BCUT2D eigenvalue weighted by atomic mass is 19.3. The largest absolute Gasteiger partial charge is 0.478 e. The molecule has 5 nitrogen and oxygen atoms in total. The van der Waals surface area contributed by atoms with Crippen LogP contribution in [0.4, 0.5) is 14.5 Å². The summed E-state index contributed by atoms with van der Waals surface area (Å²) in [5, 5.41) is 12.6. The quantitative estimate of drug-likeness (QED) is 0.633. The van der Waals surface area contributed by atoms with Crippen molar-refractivity contribution in [2.24, 2.45) is 0 Å². The molecule has 138 valence electrons. The van der Waals surface area contributed by atoms with Gasteiger partial charge in [0.2, 0.25) is 0 Å². The highest BCUT2D eigenvalue weighted by Crippen LogP contribution is 2.40. The lowest BCUT2D eigenvalue weighted by Crippen LogP contribution is -2.10. The Hall–Kier alpha value is -3.48. The number of carbonyl (C=O) groups is 1. The van der Waals surface area contributed by atoms with Gasteiger partial charge in [0.05, 0.1) is 11.3 Å². The Labute approximate surface area is 154 Å². The molecule has 3 aromatic rings. The van der Waals surface area contributed by atoms with E-state index in [1.807, 2.05) is 6.07 Å². The lowest BCUT2D eigenvalue weighted by Gasteiger charge is -2.19. The summed E-state index contributed by atoms with van der Waals surface area (Å²) < 4.78 is 30.4. The number of hydrogen-bond donors (Lipinski definition) is 2. The Morgan fingerprint density at radius 3 is 2.52 bits per heavy atom. The summed E-state index contributed by atoms with van der Waals surface area (Å²) in [5.41, 5.74) is 1.83. The van der Waals surface area contributed by atoms with Crippen molar-refractivity contribution >= 4 is 11.7 Å². The van der Waals surface area contributed by atoms with Crippen LogP contribution in [0.5, 0.6) is 5.75 Å². The van der Waals surface area contributed by atoms with Crippen molar-refractivity contribution in [3.8, 4) is 16.9 Å². The highest BCUT2D eigenvalue weighted by Gasteiger charge is 2.21. The van der Waals surface area contributed by atoms with Crippen molar-refractivity contribution in [3.05, 3.63) is 78.1 Å². The Morgan fingerprint density at radius 1 is 1.11 bits per heavy atom. The molecule has 0 saturated carbocycles. The van der Waals surface area contributed by atoms with Gasteiger partial charge < -0.3 is 15.2 Å². The smallest absolute Gasteiger partial charge is 0.387 e. The number of aromatic nitrogens is 1. The second kappa shape index (κ2) is 8.27. The van der Waals surface area contributed by atoms with Crippen LogP contribution < -0.4 is 10.1 Å². The summed E-state index contributed by atoms with van der Waals surface area (Å²) in [4.78, 5) is 15.7. The summed E-state index contributed by atoms with van der Waals surface area (Å²) in [6, 6.07) is 14.7. The minimum absolute atomic E-state index is 0.0171. The number of hydrogen-bond acceptors (Lipinski definition) is 4. The van der Waals surface area contributed by atoms with E-state index in [0.29, 0.717) is 5.56 Å². The van der Waals surface area contributed by atoms with Crippen LogP contribution in [0.25, 0.3) is 11.1 Å². The van der Waals surface area contributed by atoms with E-state index in [-0.39, 0.29) is 29.1 Å². The molecule has 1 heterocycles. The van der Waals surface area contributed by atoms with Gasteiger partial charge in [0.25, 0.3) is 0 Å². The van der Waals surface area contributed by atoms with Crippen LogP contribution in [0.2, 0.25) is 0 Å². The number of nitrogens with zero attached hydrogens (tertiary/aromatic N) is 1. The second-order valence-corrected chi connectivity index (χ2v) is 5.63. The molecule has 0 radical (unpaired) electrons.